The summed E-state index contributed by atoms with van der Waals surface area (Å²) in [6.07, 6.45) is -0.666. The summed E-state index contributed by atoms with van der Waals surface area (Å²) in [5.74, 6) is 2.67. The van der Waals surface area contributed by atoms with Crippen LogP contribution in [0.25, 0.3) is 0 Å². The second-order valence-electron chi connectivity index (χ2n) is 7.58. The van der Waals surface area contributed by atoms with E-state index in [0.29, 0.717) is 16.6 Å². The predicted molar refractivity (Wildman–Crippen MR) is 104 cm³/mol. The molecule has 1 N–H and O–H groups in total. The molecule has 0 aliphatic carbocycles. The third-order valence-corrected chi connectivity index (χ3v) is 10.9. The van der Waals surface area contributed by atoms with Gasteiger partial charge in [-0.05, 0) is 30.5 Å². The maximum Gasteiger partial charge on any atom is 0.408 e. The number of ether oxygens (including phenoxy) is 2. The predicted octanol–water partition coefficient (Wildman–Crippen LogP) is 4.27. The second-order valence-corrected chi connectivity index (χ2v) is 13.2. The smallest absolute Gasteiger partial charge is 0.408 e. The van der Waals surface area contributed by atoms with E-state index < -0.39 is 26.2 Å². The lowest BCUT2D eigenvalue weighted by Crippen LogP contribution is -2.44. The Balaban J connectivity index is 5.37. The number of carbonyl (C=O) groups excluding carboxylic acids is 2. The van der Waals surface area contributed by atoms with Crippen LogP contribution in [0.5, 0.6) is 0 Å². The van der Waals surface area contributed by atoms with Gasteiger partial charge in [-0.15, -0.1) is 11.5 Å². The molecule has 0 saturated carbocycles. The molecule has 6 heteroatoms. The molecule has 0 aromatic rings. The highest BCUT2D eigenvalue weighted by Gasteiger charge is 2.41. The molecule has 0 aliphatic heterocycles. The van der Waals surface area contributed by atoms with Crippen LogP contribution in [0.1, 0.15) is 61.8 Å². The van der Waals surface area contributed by atoms with Crippen LogP contribution in [0, 0.1) is 11.5 Å². The number of methoxy groups -OCH3 is 1. The number of hydrogen-bond donors (Lipinski definition) is 1. The Labute approximate surface area is 154 Å². The third kappa shape index (κ3) is 6.73. The number of rotatable bonds is 7. The van der Waals surface area contributed by atoms with Crippen molar-refractivity contribution in [2.75, 3.05) is 7.11 Å². The van der Waals surface area contributed by atoms with Crippen molar-refractivity contribution in [1.82, 2.24) is 5.32 Å². The highest BCUT2D eigenvalue weighted by Crippen LogP contribution is 2.40. The van der Waals surface area contributed by atoms with Gasteiger partial charge in [0, 0.05) is 6.42 Å². The normalized spacial score (nSPS) is 12.8. The first kappa shape index (κ1) is 23.5. The van der Waals surface area contributed by atoms with Crippen LogP contribution in [0.2, 0.25) is 16.6 Å². The van der Waals surface area contributed by atoms with E-state index in [-0.39, 0.29) is 12.5 Å². The first-order valence-electron chi connectivity index (χ1n) is 9.03. The van der Waals surface area contributed by atoms with Crippen molar-refractivity contribution in [2.45, 2.75) is 90.6 Å². The minimum atomic E-state index is -1.86. The minimum Gasteiger partial charge on any atom is -0.467 e. The summed E-state index contributed by atoms with van der Waals surface area (Å²) in [5.41, 5.74) is 5.07. The summed E-state index contributed by atoms with van der Waals surface area (Å²) in [6.45, 7) is 16.9. The van der Waals surface area contributed by atoms with E-state index >= 15 is 0 Å². The molecule has 0 aromatic heterocycles. The van der Waals surface area contributed by atoms with Crippen LogP contribution in [0.15, 0.2) is 0 Å². The highest BCUT2D eigenvalue weighted by atomic mass is 28.3. The molecule has 5 nitrogen and oxygen atoms in total. The van der Waals surface area contributed by atoms with E-state index in [2.05, 4.69) is 58.3 Å². The van der Waals surface area contributed by atoms with Gasteiger partial charge < -0.3 is 14.8 Å². The van der Waals surface area contributed by atoms with Gasteiger partial charge in [-0.25, -0.2) is 9.59 Å². The lowest BCUT2D eigenvalue weighted by molar-refractivity contribution is -0.142. The summed E-state index contributed by atoms with van der Waals surface area (Å²) in [7, 11) is -0.563. The monoisotopic (exact) mass is 369 g/mol. The fourth-order valence-corrected chi connectivity index (χ4v) is 8.74. The fraction of sp³-hybridized carbons (Fsp3) is 0.789. The maximum atomic E-state index is 11.9. The van der Waals surface area contributed by atoms with Gasteiger partial charge in [0.25, 0.3) is 0 Å². The lowest BCUT2D eigenvalue weighted by Gasteiger charge is -2.38. The van der Waals surface area contributed by atoms with Gasteiger partial charge in [0.1, 0.15) is 14.1 Å². The van der Waals surface area contributed by atoms with E-state index in [1.165, 1.54) is 7.11 Å². The molecule has 0 unspecified atom stereocenters. The Morgan fingerprint density at radius 3 is 1.80 bits per heavy atom. The largest absolute Gasteiger partial charge is 0.467 e. The first-order chi connectivity index (χ1) is 11.5. The van der Waals surface area contributed by atoms with Gasteiger partial charge in [0.15, 0.2) is 0 Å². The zero-order valence-electron chi connectivity index (χ0n) is 17.2. The zero-order valence-corrected chi connectivity index (χ0v) is 18.2. The quantitative estimate of drug-likeness (QED) is 0.413. The lowest BCUT2D eigenvalue weighted by atomic mass is 10.2. The Hall–Kier alpha value is -1.48. The molecule has 144 valence electrons. The second kappa shape index (κ2) is 10.5. The maximum absolute atomic E-state index is 11.9. The van der Waals surface area contributed by atoms with Gasteiger partial charge >= 0.3 is 12.1 Å². The molecule has 0 fully saturated rings. The molecule has 25 heavy (non-hydrogen) atoms. The van der Waals surface area contributed by atoms with E-state index in [4.69, 9.17) is 9.47 Å². The summed E-state index contributed by atoms with van der Waals surface area (Å²) in [4.78, 5) is 23.7. The van der Waals surface area contributed by atoms with Crippen molar-refractivity contribution in [1.29, 1.82) is 0 Å². The van der Waals surface area contributed by atoms with Gasteiger partial charge in [-0.2, -0.15) is 0 Å². The molecule has 0 aromatic carbocycles. The van der Waals surface area contributed by atoms with Crippen LogP contribution in [0.4, 0.5) is 4.79 Å². The summed E-state index contributed by atoms with van der Waals surface area (Å²) >= 11 is 0. The van der Waals surface area contributed by atoms with Crippen LogP contribution >= 0.6 is 0 Å². The van der Waals surface area contributed by atoms with Gasteiger partial charge in [-0.1, -0.05) is 41.5 Å². The number of esters is 1. The Morgan fingerprint density at radius 2 is 1.44 bits per heavy atom. The standard InChI is InChI=1S/C19H35NO4Si/c1-13(2)24-19(22)20-17(18(21)23-9)11-10-12-25(14(3)4,15(5)6)16(7)8/h13-17H,11H2,1-9H3,(H,20,22)/t17-/m0/s1. The summed E-state index contributed by atoms with van der Waals surface area (Å²) in [5, 5.41) is 2.55. The number of hydrogen-bond acceptors (Lipinski definition) is 4. The van der Waals surface area contributed by atoms with E-state index in [1.54, 1.807) is 13.8 Å². The number of nitrogens with one attached hydrogen (secondary N) is 1. The van der Waals surface area contributed by atoms with Crippen molar-refractivity contribution in [3.63, 3.8) is 0 Å². The minimum absolute atomic E-state index is 0.223. The molecule has 0 aliphatic rings. The topological polar surface area (TPSA) is 64.6 Å². The van der Waals surface area contributed by atoms with Crippen molar-refractivity contribution in [3.05, 3.63) is 0 Å². The SMILES string of the molecule is COC(=O)[C@H](CC#C[Si](C(C)C)(C(C)C)C(C)C)NC(=O)OC(C)C. The highest BCUT2D eigenvalue weighted by molar-refractivity contribution is 6.90. The van der Waals surface area contributed by atoms with Gasteiger partial charge in [-0.3, -0.25) is 0 Å². The molecule has 1 atom stereocenters. The zero-order chi connectivity index (χ0) is 19.8. The van der Waals surface area contributed by atoms with E-state index in [0.717, 1.165) is 0 Å². The number of alkyl carbamates (subject to hydrolysis) is 1. The molecule has 1 amide bonds. The van der Waals surface area contributed by atoms with Crippen LogP contribution in [0.3, 0.4) is 0 Å². The molecular weight excluding hydrogens is 334 g/mol. The van der Waals surface area contributed by atoms with Crippen molar-refractivity contribution in [2.24, 2.45) is 0 Å². The molecule has 0 radical (unpaired) electrons. The fourth-order valence-electron chi connectivity index (χ4n) is 3.47. The van der Waals surface area contributed by atoms with Crippen molar-refractivity contribution in [3.8, 4) is 11.5 Å². The average Bonchev–Trinajstić information content (AvgIpc) is 2.47. The number of carbonyl (C=O) groups is 2. The van der Waals surface area contributed by atoms with Crippen LogP contribution < -0.4 is 5.32 Å². The Bertz CT molecular complexity index is 482. The molecule has 0 bridgehead atoms. The average molecular weight is 370 g/mol. The summed E-state index contributed by atoms with van der Waals surface area (Å²) in [6, 6.07) is -0.818. The Kier molecular flexibility index (Phi) is 9.87. The summed E-state index contributed by atoms with van der Waals surface area (Å²) < 4.78 is 9.82. The third-order valence-electron chi connectivity index (χ3n) is 4.60. The first-order valence-corrected chi connectivity index (χ1v) is 11.3. The van der Waals surface area contributed by atoms with Crippen molar-refractivity contribution >= 4 is 20.1 Å². The van der Waals surface area contributed by atoms with E-state index in [1.807, 2.05) is 0 Å². The molecule has 0 saturated heterocycles. The van der Waals surface area contributed by atoms with Crippen LogP contribution in [-0.4, -0.2) is 39.4 Å². The van der Waals surface area contributed by atoms with Crippen LogP contribution in [-0.2, 0) is 14.3 Å². The molecule has 0 heterocycles. The van der Waals surface area contributed by atoms with E-state index in [9.17, 15) is 9.59 Å². The number of amides is 1. The molecule has 0 rings (SSSR count). The molecule has 0 spiro atoms. The Morgan fingerprint density at radius 1 is 0.960 bits per heavy atom. The molecular formula is C19H35NO4Si. The van der Waals surface area contributed by atoms with Gasteiger partial charge in [0.2, 0.25) is 0 Å². The van der Waals surface area contributed by atoms with Crippen molar-refractivity contribution < 1.29 is 19.1 Å². The van der Waals surface area contributed by atoms with Gasteiger partial charge in [0.05, 0.1) is 13.2 Å².